The van der Waals surface area contributed by atoms with Crippen molar-refractivity contribution in [3.05, 3.63) is 82.7 Å². The predicted molar refractivity (Wildman–Crippen MR) is 107 cm³/mol. The Morgan fingerprint density at radius 2 is 1.79 bits per heavy atom. The van der Waals surface area contributed by atoms with Gasteiger partial charge in [-0.1, -0.05) is 42.5 Å². The number of benzene rings is 2. The lowest BCUT2D eigenvalue weighted by Crippen LogP contribution is -2.22. The van der Waals surface area contributed by atoms with Crippen molar-refractivity contribution in [3.63, 3.8) is 0 Å². The second kappa shape index (κ2) is 8.85. The standard InChI is InChI=1S/C22H20N4O3/c1-15-21(16(2)26(25-15)13-17-8-4-3-5-9-17)22(28)29-14-20(27)24-19-11-7-6-10-18(19)12-23/h3-11H,13-14H2,1-2H3,(H,24,27). The molecule has 0 radical (unpaired) electrons. The van der Waals surface area contributed by atoms with Gasteiger partial charge in [-0.05, 0) is 31.5 Å². The van der Waals surface area contributed by atoms with Crippen molar-refractivity contribution in [3.8, 4) is 6.07 Å². The number of nitrogens with one attached hydrogen (secondary N) is 1. The average Bonchev–Trinajstić information content (AvgIpc) is 3.00. The maximum atomic E-state index is 12.5. The van der Waals surface area contributed by atoms with E-state index in [0.717, 1.165) is 5.56 Å². The van der Waals surface area contributed by atoms with Gasteiger partial charge in [0.1, 0.15) is 11.6 Å². The van der Waals surface area contributed by atoms with Gasteiger partial charge in [-0.25, -0.2) is 4.79 Å². The van der Waals surface area contributed by atoms with Gasteiger partial charge in [0.2, 0.25) is 0 Å². The Kier molecular flexibility index (Phi) is 6.05. The molecule has 7 nitrogen and oxygen atoms in total. The number of anilines is 1. The van der Waals surface area contributed by atoms with Crippen molar-refractivity contribution in [1.29, 1.82) is 5.26 Å². The average molecular weight is 388 g/mol. The van der Waals surface area contributed by atoms with Crippen LogP contribution in [0.3, 0.4) is 0 Å². The van der Waals surface area contributed by atoms with Crippen LogP contribution in [0.2, 0.25) is 0 Å². The Hall–Kier alpha value is -3.92. The van der Waals surface area contributed by atoms with Crippen LogP contribution < -0.4 is 5.32 Å². The molecule has 0 spiro atoms. The van der Waals surface area contributed by atoms with Crippen molar-refractivity contribution in [2.24, 2.45) is 0 Å². The van der Waals surface area contributed by atoms with Gasteiger partial charge in [0.05, 0.1) is 29.2 Å². The van der Waals surface area contributed by atoms with Crippen LogP contribution in [0, 0.1) is 25.2 Å². The Labute approximate surface area is 168 Å². The SMILES string of the molecule is Cc1nn(Cc2ccccc2)c(C)c1C(=O)OCC(=O)Nc1ccccc1C#N. The smallest absolute Gasteiger partial charge is 0.342 e. The Balaban J connectivity index is 1.65. The summed E-state index contributed by atoms with van der Waals surface area (Å²) >= 11 is 0. The summed E-state index contributed by atoms with van der Waals surface area (Å²) in [5, 5.41) is 16.1. The summed E-state index contributed by atoms with van der Waals surface area (Å²) in [5.41, 5.74) is 3.34. The van der Waals surface area contributed by atoms with Gasteiger partial charge in [0.25, 0.3) is 5.91 Å². The Morgan fingerprint density at radius 3 is 2.52 bits per heavy atom. The van der Waals surface area contributed by atoms with Crippen molar-refractivity contribution < 1.29 is 14.3 Å². The first-order chi connectivity index (χ1) is 14.0. The molecule has 0 saturated carbocycles. The normalized spacial score (nSPS) is 10.2. The molecule has 29 heavy (non-hydrogen) atoms. The van der Waals surface area contributed by atoms with Gasteiger partial charge < -0.3 is 10.1 Å². The number of esters is 1. The van der Waals surface area contributed by atoms with Crippen LogP contribution in [-0.2, 0) is 16.1 Å². The number of aryl methyl sites for hydroxylation is 1. The number of hydrogen-bond donors (Lipinski definition) is 1. The maximum Gasteiger partial charge on any atom is 0.342 e. The summed E-state index contributed by atoms with van der Waals surface area (Å²) < 4.78 is 6.91. The van der Waals surface area contributed by atoms with Gasteiger partial charge in [0, 0.05) is 0 Å². The summed E-state index contributed by atoms with van der Waals surface area (Å²) in [7, 11) is 0. The molecule has 0 bridgehead atoms. The van der Waals surface area contributed by atoms with Crippen molar-refractivity contribution >= 4 is 17.6 Å². The van der Waals surface area contributed by atoms with Crippen LogP contribution in [0.15, 0.2) is 54.6 Å². The van der Waals surface area contributed by atoms with Gasteiger partial charge in [-0.3, -0.25) is 9.48 Å². The van der Waals surface area contributed by atoms with Gasteiger partial charge in [-0.15, -0.1) is 0 Å². The molecular formula is C22H20N4O3. The number of para-hydroxylation sites is 1. The third-order valence-corrected chi connectivity index (χ3v) is 4.42. The van der Waals surface area contributed by atoms with Crippen LogP contribution in [0.4, 0.5) is 5.69 Å². The summed E-state index contributed by atoms with van der Waals surface area (Å²) in [6.45, 7) is 3.60. The van der Waals surface area contributed by atoms with E-state index in [0.29, 0.717) is 34.7 Å². The van der Waals surface area contributed by atoms with Crippen molar-refractivity contribution in [1.82, 2.24) is 9.78 Å². The largest absolute Gasteiger partial charge is 0.452 e. The van der Waals surface area contributed by atoms with E-state index in [2.05, 4.69) is 10.4 Å². The lowest BCUT2D eigenvalue weighted by atomic mass is 10.2. The molecule has 2 aromatic carbocycles. The topological polar surface area (TPSA) is 97.0 Å². The van der Waals surface area contributed by atoms with Crippen LogP contribution in [-0.4, -0.2) is 28.3 Å². The van der Waals surface area contributed by atoms with E-state index in [9.17, 15) is 9.59 Å². The zero-order valence-electron chi connectivity index (χ0n) is 16.2. The Bertz CT molecular complexity index is 1080. The summed E-state index contributed by atoms with van der Waals surface area (Å²) in [6, 6.07) is 18.4. The lowest BCUT2D eigenvalue weighted by molar-refractivity contribution is -0.119. The molecule has 0 aliphatic carbocycles. The molecule has 7 heteroatoms. The quantitative estimate of drug-likeness (QED) is 0.654. The molecule has 146 valence electrons. The molecule has 1 heterocycles. The van der Waals surface area contributed by atoms with Crippen LogP contribution in [0.25, 0.3) is 0 Å². The second-order valence-electron chi connectivity index (χ2n) is 6.47. The fourth-order valence-electron chi connectivity index (χ4n) is 2.98. The monoisotopic (exact) mass is 388 g/mol. The molecule has 0 aliphatic heterocycles. The van der Waals surface area contributed by atoms with Crippen molar-refractivity contribution in [2.75, 3.05) is 11.9 Å². The molecule has 1 N–H and O–H groups in total. The van der Waals surface area contributed by atoms with E-state index in [4.69, 9.17) is 10.00 Å². The molecule has 3 aromatic rings. The number of hydrogen-bond acceptors (Lipinski definition) is 5. The second-order valence-corrected chi connectivity index (χ2v) is 6.47. The molecule has 0 aliphatic rings. The highest BCUT2D eigenvalue weighted by molar-refractivity contribution is 5.97. The molecule has 0 fully saturated rings. The molecular weight excluding hydrogens is 368 g/mol. The van der Waals surface area contributed by atoms with Gasteiger partial charge >= 0.3 is 5.97 Å². The molecule has 1 amide bonds. The summed E-state index contributed by atoms with van der Waals surface area (Å²) in [6.07, 6.45) is 0. The highest BCUT2D eigenvalue weighted by Gasteiger charge is 2.21. The van der Waals surface area contributed by atoms with Gasteiger partial charge in [0.15, 0.2) is 6.61 Å². The third-order valence-electron chi connectivity index (χ3n) is 4.42. The van der Waals surface area contributed by atoms with E-state index in [1.807, 2.05) is 36.4 Å². The highest BCUT2D eigenvalue weighted by Crippen LogP contribution is 2.17. The first-order valence-corrected chi connectivity index (χ1v) is 9.03. The van der Waals surface area contributed by atoms with Crippen molar-refractivity contribution in [2.45, 2.75) is 20.4 Å². The first-order valence-electron chi connectivity index (χ1n) is 9.03. The minimum atomic E-state index is -0.608. The summed E-state index contributed by atoms with van der Waals surface area (Å²) in [4.78, 5) is 24.6. The van der Waals surface area contributed by atoms with E-state index in [1.54, 1.807) is 42.8 Å². The molecule has 0 saturated heterocycles. The number of ether oxygens (including phenoxy) is 1. The number of rotatable bonds is 6. The number of aromatic nitrogens is 2. The number of carbonyl (C=O) groups is 2. The molecule has 1 aromatic heterocycles. The van der Waals surface area contributed by atoms with Crippen LogP contribution >= 0.6 is 0 Å². The lowest BCUT2D eigenvalue weighted by Gasteiger charge is -2.08. The Morgan fingerprint density at radius 1 is 1.10 bits per heavy atom. The van der Waals surface area contributed by atoms with E-state index >= 15 is 0 Å². The van der Waals surface area contributed by atoms with E-state index in [-0.39, 0.29) is 0 Å². The molecule has 0 atom stereocenters. The fourth-order valence-corrected chi connectivity index (χ4v) is 2.98. The zero-order valence-corrected chi connectivity index (χ0v) is 16.2. The number of nitriles is 1. The fraction of sp³-hybridized carbons (Fsp3) is 0.182. The molecule has 3 rings (SSSR count). The maximum absolute atomic E-state index is 12.5. The van der Waals surface area contributed by atoms with E-state index < -0.39 is 18.5 Å². The zero-order chi connectivity index (χ0) is 20.8. The van der Waals surface area contributed by atoms with Gasteiger partial charge in [-0.2, -0.15) is 10.4 Å². The molecule has 0 unspecified atom stereocenters. The number of nitrogens with zero attached hydrogens (tertiary/aromatic N) is 3. The first kappa shape index (κ1) is 19.8. The number of amides is 1. The minimum absolute atomic E-state index is 0.334. The third kappa shape index (κ3) is 4.68. The predicted octanol–water partition coefficient (Wildman–Crippen LogP) is 3.22. The minimum Gasteiger partial charge on any atom is -0.452 e. The summed E-state index contributed by atoms with van der Waals surface area (Å²) in [5.74, 6) is -1.13. The van der Waals surface area contributed by atoms with Crippen LogP contribution in [0.1, 0.15) is 32.9 Å². The van der Waals surface area contributed by atoms with Crippen LogP contribution in [0.5, 0.6) is 0 Å². The highest BCUT2D eigenvalue weighted by atomic mass is 16.5. The number of carbonyl (C=O) groups excluding carboxylic acids is 2. The van der Waals surface area contributed by atoms with E-state index in [1.165, 1.54) is 0 Å².